The Bertz CT molecular complexity index is 757. The molecular weight excluding hydrogens is 376 g/mol. The molecule has 2 aromatic rings. The lowest BCUT2D eigenvalue weighted by Gasteiger charge is -2.15. The van der Waals surface area contributed by atoms with E-state index < -0.39 is 0 Å². The number of guanidine groups is 1. The van der Waals surface area contributed by atoms with Gasteiger partial charge in [-0.3, -0.25) is 4.79 Å². The molecule has 0 aliphatic heterocycles. The third-order valence-corrected chi connectivity index (χ3v) is 5.76. The van der Waals surface area contributed by atoms with Crippen molar-refractivity contribution in [2.45, 2.75) is 24.8 Å². The lowest BCUT2D eigenvalue weighted by atomic mass is 10.1. The second-order valence-electron chi connectivity index (χ2n) is 6.38. The summed E-state index contributed by atoms with van der Waals surface area (Å²) >= 11 is 3.48. The number of rotatable bonds is 8. The Balaban J connectivity index is 2.02. The molecule has 7 heteroatoms. The SMILES string of the molecule is CSc1cc(C)ccc1CN=C(NCCc1cccs1)NCC(=O)N(C)C. The van der Waals surface area contributed by atoms with Gasteiger partial charge in [-0.2, -0.15) is 0 Å². The number of hydrogen-bond donors (Lipinski definition) is 2. The summed E-state index contributed by atoms with van der Waals surface area (Å²) in [7, 11) is 3.50. The van der Waals surface area contributed by atoms with E-state index in [4.69, 9.17) is 4.99 Å². The van der Waals surface area contributed by atoms with Crippen LogP contribution in [0.3, 0.4) is 0 Å². The van der Waals surface area contributed by atoms with Crippen molar-refractivity contribution in [1.82, 2.24) is 15.5 Å². The number of nitrogens with zero attached hydrogens (tertiary/aromatic N) is 2. The van der Waals surface area contributed by atoms with Crippen molar-refractivity contribution in [1.29, 1.82) is 0 Å². The van der Waals surface area contributed by atoms with Gasteiger partial charge in [0.05, 0.1) is 13.1 Å². The van der Waals surface area contributed by atoms with Crippen LogP contribution in [0.5, 0.6) is 0 Å². The molecule has 146 valence electrons. The van der Waals surface area contributed by atoms with E-state index in [2.05, 4.69) is 59.5 Å². The van der Waals surface area contributed by atoms with Crippen molar-refractivity contribution in [3.8, 4) is 0 Å². The van der Waals surface area contributed by atoms with Crippen LogP contribution in [-0.4, -0.2) is 50.2 Å². The number of thiophene rings is 1. The zero-order valence-electron chi connectivity index (χ0n) is 16.4. The number of carbonyl (C=O) groups excluding carboxylic acids is 1. The standard InChI is InChI=1S/C20H28N4OS2/c1-15-7-8-16(18(12-15)26-4)13-22-20(23-14-19(25)24(2)3)21-10-9-17-6-5-11-27-17/h5-8,11-12H,9-10,13-14H2,1-4H3,(H2,21,22,23). The van der Waals surface area contributed by atoms with Crippen LogP contribution in [0.25, 0.3) is 0 Å². The van der Waals surface area contributed by atoms with Gasteiger partial charge in [0.25, 0.3) is 0 Å². The van der Waals surface area contributed by atoms with E-state index >= 15 is 0 Å². The number of amides is 1. The number of aryl methyl sites for hydroxylation is 1. The number of hydrogen-bond acceptors (Lipinski definition) is 4. The maximum absolute atomic E-state index is 11.9. The maximum Gasteiger partial charge on any atom is 0.241 e. The van der Waals surface area contributed by atoms with E-state index in [1.807, 2.05) is 0 Å². The van der Waals surface area contributed by atoms with Crippen LogP contribution in [0.15, 0.2) is 45.6 Å². The molecule has 2 N–H and O–H groups in total. The molecule has 0 bridgehead atoms. The normalized spacial score (nSPS) is 11.3. The minimum Gasteiger partial charge on any atom is -0.356 e. The van der Waals surface area contributed by atoms with Gasteiger partial charge in [-0.15, -0.1) is 23.1 Å². The third-order valence-electron chi connectivity index (χ3n) is 4.00. The van der Waals surface area contributed by atoms with Gasteiger partial charge in [0.2, 0.25) is 5.91 Å². The molecule has 0 atom stereocenters. The molecule has 0 unspecified atom stereocenters. The van der Waals surface area contributed by atoms with Crippen LogP contribution in [0, 0.1) is 6.92 Å². The Kier molecular flexibility index (Phi) is 8.67. The number of benzene rings is 1. The van der Waals surface area contributed by atoms with E-state index in [0.29, 0.717) is 12.5 Å². The largest absolute Gasteiger partial charge is 0.356 e. The van der Waals surface area contributed by atoms with E-state index in [1.54, 1.807) is 42.1 Å². The van der Waals surface area contributed by atoms with Crippen LogP contribution in [-0.2, 0) is 17.8 Å². The summed E-state index contributed by atoms with van der Waals surface area (Å²) in [6.07, 6.45) is 3.01. The van der Waals surface area contributed by atoms with E-state index in [-0.39, 0.29) is 12.5 Å². The van der Waals surface area contributed by atoms with Crippen molar-refractivity contribution in [2.75, 3.05) is 33.4 Å². The highest BCUT2D eigenvalue weighted by Crippen LogP contribution is 2.22. The quantitative estimate of drug-likeness (QED) is 0.403. The Morgan fingerprint density at radius 2 is 2.07 bits per heavy atom. The smallest absolute Gasteiger partial charge is 0.241 e. The van der Waals surface area contributed by atoms with Gasteiger partial charge < -0.3 is 15.5 Å². The molecule has 0 fully saturated rings. The van der Waals surface area contributed by atoms with Gasteiger partial charge in [-0.25, -0.2) is 4.99 Å². The minimum absolute atomic E-state index is 0.0166. The first-order chi connectivity index (χ1) is 13.0. The van der Waals surface area contributed by atoms with Crippen LogP contribution < -0.4 is 10.6 Å². The second-order valence-corrected chi connectivity index (χ2v) is 8.26. The molecule has 1 amide bonds. The first-order valence-electron chi connectivity index (χ1n) is 8.88. The second kappa shape index (κ2) is 11.0. The lowest BCUT2D eigenvalue weighted by molar-refractivity contribution is -0.127. The highest BCUT2D eigenvalue weighted by molar-refractivity contribution is 7.98. The zero-order chi connectivity index (χ0) is 19.6. The Morgan fingerprint density at radius 1 is 1.26 bits per heavy atom. The number of aliphatic imine (C=N–C) groups is 1. The maximum atomic E-state index is 11.9. The van der Waals surface area contributed by atoms with E-state index in [0.717, 1.165) is 13.0 Å². The highest BCUT2D eigenvalue weighted by Gasteiger charge is 2.07. The van der Waals surface area contributed by atoms with E-state index in [1.165, 1.54) is 20.9 Å². The highest BCUT2D eigenvalue weighted by atomic mass is 32.2. The monoisotopic (exact) mass is 404 g/mol. The summed E-state index contributed by atoms with van der Waals surface area (Å²) in [6, 6.07) is 10.6. The van der Waals surface area contributed by atoms with Gasteiger partial charge >= 0.3 is 0 Å². The van der Waals surface area contributed by atoms with Crippen molar-refractivity contribution >= 4 is 35.0 Å². The number of likely N-dealkylation sites (N-methyl/N-ethyl adjacent to an activating group) is 1. The molecule has 2 rings (SSSR count). The van der Waals surface area contributed by atoms with Gasteiger partial charge in [0.15, 0.2) is 5.96 Å². The molecule has 27 heavy (non-hydrogen) atoms. The molecule has 5 nitrogen and oxygen atoms in total. The van der Waals surface area contributed by atoms with Crippen LogP contribution in [0.1, 0.15) is 16.0 Å². The molecule has 1 aromatic carbocycles. The van der Waals surface area contributed by atoms with Crippen LogP contribution >= 0.6 is 23.1 Å². The summed E-state index contributed by atoms with van der Waals surface area (Å²) in [4.78, 5) is 20.7. The van der Waals surface area contributed by atoms with Crippen molar-refractivity contribution in [3.05, 3.63) is 51.7 Å². The van der Waals surface area contributed by atoms with Crippen LogP contribution in [0.2, 0.25) is 0 Å². The molecule has 0 saturated heterocycles. The Morgan fingerprint density at radius 3 is 2.74 bits per heavy atom. The fraction of sp³-hybridized carbons (Fsp3) is 0.400. The molecule has 0 spiro atoms. The van der Waals surface area contributed by atoms with Crippen molar-refractivity contribution < 1.29 is 4.79 Å². The van der Waals surface area contributed by atoms with E-state index in [9.17, 15) is 4.79 Å². The molecule has 0 aliphatic rings. The zero-order valence-corrected chi connectivity index (χ0v) is 18.0. The summed E-state index contributed by atoms with van der Waals surface area (Å²) in [5, 5.41) is 8.57. The fourth-order valence-electron chi connectivity index (χ4n) is 2.40. The van der Waals surface area contributed by atoms with Crippen molar-refractivity contribution in [2.24, 2.45) is 4.99 Å². The molecular formula is C20H28N4OS2. The number of thioether (sulfide) groups is 1. The third kappa shape index (κ3) is 7.27. The first kappa shape index (κ1) is 21.3. The lowest BCUT2D eigenvalue weighted by Crippen LogP contribution is -2.43. The van der Waals surface area contributed by atoms with Gasteiger partial charge in [-0.1, -0.05) is 18.2 Å². The molecule has 0 radical (unpaired) electrons. The van der Waals surface area contributed by atoms with Crippen molar-refractivity contribution in [3.63, 3.8) is 0 Å². The molecule has 1 heterocycles. The molecule has 0 aliphatic carbocycles. The number of nitrogens with one attached hydrogen (secondary N) is 2. The predicted molar refractivity (Wildman–Crippen MR) is 117 cm³/mol. The minimum atomic E-state index is 0.0166. The van der Waals surface area contributed by atoms with Gasteiger partial charge in [0.1, 0.15) is 0 Å². The first-order valence-corrected chi connectivity index (χ1v) is 11.0. The molecule has 1 aromatic heterocycles. The predicted octanol–water partition coefficient (Wildman–Crippen LogP) is 3.14. The average Bonchev–Trinajstić information content (AvgIpc) is 3.17. The summed E-state index contributed by atoms with van der Waals surface area (Å²) in [5.41, 5.74) is 2.43. The summed E-state index contributed by atoms with van der Waals surface area (Å²) in [6.45, 7) is 3.66. The fourth-order valence-corrected chi connectivity index (χ4v) is 3.80. The topological polar surface area (TPSA) is 56.7 Å². The summed E-state index contributed by atoms with van der Waals surface area (Å²) < 4.78 is 0. The Labute approximate surface area is 170 Å². The number of carbonyl (C=O) groups is 1. The van der Waals surface area contributed by atoms with Gasteiger partial charge in [-0.05, 0) is 48.2 Å². The Hall–Kier alpha value is -1.99. The average molecular weight is 405 g/mol. The van der Waals surface area contributed by atoms with Gasteiger partial charge in [0, 0.05) is 30.4 Å². The summed E-state index contributed by atoms with van der Waals surface area (Å²) in [5.74, 6) is 0.678. The van der Waals surface area contributed by atoms with Crippen LogP contribution in [0.4, 0.5) is 0 Å². The molecule has 0 saturated carbocycles.